The van der Waals surface area contributed by atoms with Gasteiger partial charge < -0.3 is 20.3 Å². The summed E-state index contributed by atoms with van der Waals surface area (Å²) in [5.74, 6) is -0.0156. The van der Waals surface area contributed by atoms with Gasteiger partial charge in [-0.1, -0.05) is 12.1 Å². The predicted octanol–water partition coefficient (Wildman–Crippen LogP) is 2.22. The molecule has 7 nitrogen and oxygen atoms in total. The first-order valence-corrected chi connectivity index (χ1v) is 7.99. The molecule has 0 saturated carbocycles. The third-order valence-corrected chi connectivity index (χ3v) is 4.45. The van der Waals surface area contributed by atoms with Gasteiger partial charge in [0.05, 0.1) is 19.1 Å². The summed E-state index contributed by atoms with van der Waals surface area (Å²) in [5.41, 5.74) is 1.83. The number of rotatable bonds is 6. The number of carbonyl (C=O) groups is 1. The van der Waals surface area contributed by atoms with E-state index in [1.807, 2.05) is 29.6 Å². The van der Waals surface area contributed by atoms with Gasteiger partial charge in [0, 0.05) is 10.9 Å². The highest BCUT2D eigenvalue weighted by Gasteiger charge is 2.20. The monoisotopic (exact) mass is 345 g/mol. The van der Waals surface area contributed by atoms with E-state index >= 15 is 0 Å². The zero-order valence-electron chi connectivity index (χ0n) is 12.8. The van der Waals surface area contributed by atoms with Crippen LogP contribution in [0.2, 0.25) is 0 Å². The number of aromatic nitrogens is 2. The largest absolute Gasteiger partial charge is 0.497 e. The lowest BCUT2D eigenvalue weighted by molar-refractivity contribution is -0.138. The first-order valence-electron chi connectivity index (χ1n) is 7.11. The van der Waals surface area contributed by atoms with E-state index in [1.165, 1.54) is 17.7 Å². The lowest BCUT2D eigenvalue weighted by Crippen LogP contribution is -2.33. The summed E-state index contributed by atoms with van der Waals surface area (Å²) in [6.07, 6.45) is 1.37. The molecule has 1 atom stereocenters. The number of ether oxygens (including phenoxy) is 1. The highest BCUT2D eigenvalue weighted by Crippen LogP contribution is 2.37. The number of fused-ring (bicyclic) bond motifs is 1. The summed E-state index contributed by atoms with van der Waals surface area (Å²) in [6.45, 7) is -0.539. The Hall–Kier alpha value is -2.71. The lowest BCUT2D eigenvalue weighted by atomic mass is 10.1. The van der Waals surface area contributed by atoms with Gasteiger partial charge in [-0.05, 0) is 17.7 Å². The second-order valence-electron chi connectivity index (χ2n) is 5.00. The number of aliphatic carboxylic acids is 1. The topological polar surface area (TPSA) is 105 Å². The number of anilines is 1. The fourth-order valence-corrected chi connectivity index (χ4v) is 3.23. The molecule has 0 aliphatic heterocycles. The number of thiophene rings is 1. The molecule has 0 bridgehead atoms. The summed E-state index contributed by atoms with van der Waals surface area (Å²) in [4.78, 5) is 20.3. The molecule has 0 radical (unpaired) electrons. The number of hydrogen-bond donors (Lipinski definition) is 3. The van der Waals surface area contributed by atoms with Crippen LogP contribution in [0.15, 0.2) is 36.0 Å². The molecule has 3 aromatic rings. The van der Waals surface area contributed by atoms with E-state index in [0.29, 0.717) is 5.82 Å². The highest BCUT2D eigenvalue weighted by atomic mass is 32.1. The van der Waals surface area contributed by atoms with E-state index in [0.717, 1.165) is 27.1 Å². The molecule has 2 heterocycles. The third-order valence-electron chi connectivity index (χ3n) is 3.56. The van der Waals surface area contributed by atoms with Crippen molar-refractivity contribution in [2.75, 3.05) is 19.0 Å². The quantitative estimate of drug-likeness (QED) is 0.629. The fourth-order valence-electron chi connectivity index (χ4n) is 2.32. The molecule has 2 aromatic heterocycles. The minimum Gasteiger partial charge on any atom is -0.497 e. The number of nitrogens with one attached hydrogen (secondary N) is 1. The number of benzene rings is 1. The van der Waals surface area contributed by atoms with Gasteiger partial charge in [-0.15, -0.1) is 11.3 Å². The second-order valence-corrected chi connectivity index (χ2v) is 5.86. The molecule has 0 aliphatic carbocycles. The summed E-state index contributed by atoms with van der Waals surface area (Å²) < 4.78 is 5.16. The standard InChI is InChI=1S/C16H15N3O4S/c1-23-10-4-2-9(3-5-10)11-7-24-15-13(11)14(17-8-18-15)19-12(6-20)16(21)22/h2-5,7-8,12,20H,6H2,1H3,(H,21,22)(H,17,18,19). The van der Waals surface area contributed by atoms with Gasteiger partial charge in [0.25, 0.3) is 0 Å². The van der Waals surface area contributed by atoms with Crippen LogP contribution in [0.25, 0.3) is 21.3 Å². The van der Waals surface area contributed by atoms with E-state index < -0.39 is 18.6 Å². The van der Waals surface area contributed by atoms with Crippen LogP contribution in [0.5, 0.6) is 5.75 Å². The highest BCUT2D eigenvalue weighted by molar-refractivity contribution is 7.17. The van der Waals surface area contributed by atoms with Gasteiger partial charge in [0.2, 0.25) is 0 Å². The minimum absolute atomic E-state index is 0.383. The molecule has 0 spiro atoms. The second kappa shape index (κ2) is 6.81. The Morgan fingerprint density at radius 2 is 2.08 bits per heavy atom. The van der Waals surface area contributed by atoms with E-state index in [9.17, 15) is 9.90 Å². The molecule has 0 fully saturated rings. The van der Waals surface area contributed by atoms with E-state index in [2.05, 4.69) is 15.3 Å². The van der Waals surface area contributed by atoms with Crippen LogP contribution in [-0.2, 0) is 4.79 Å². The molecule has 3 rings (SSSR count). The van der Waals surface area contributed by atoms with Crippen molar-refractivity contribution in [3.05, 3.63) is 36.0 Å². The van der Waals surface area contributed by atoms with E-state index in [1.54, 1.807) is 7.11 Å². The molecule has 124 valence electrons. The van der Waals surface area contributed by atoms with Crippen molar-refractivity contribution in [1.82, 2.24) is 9.97 Å². The molecule has 3 N–H and O–H groups in total. The van der Waals surface area contributed by atoms with Gasteiger partial charge >= 0.3 is 5.97 Å². The van der Waals surface area contributed by atoms with E-state index in [-0.39, 0.29) is 0 Å². The van der Waals surface area contributed by atoms with Crippen molar-refractivity contribution < 1.29 is 19.7 Å². The molecule has 1 unspecified atom stereocenters. The maximum absolute atomic E-state index is 11.2. The van der Waals surface area contributed by atoms with Crippen LogP contribution in [0.4, 0.5) is 5.82 Å². The number of aliphatic hydroxyl groups is 1. The number of methoxy groups -OCH3 is 1. The number of carboxylic acids is 1. The Kier molecular flexibility index (Phi) is 4.59. The smallest absolute Gasteiger partial charge is 0.328 e. The van der Waals surface area contributed by atoms with Gasteiger partial charge in [-0.25, -0.2) is 14.8 Å². The van der Waals surface area contributed by atoms with Gasteiger partial charge in [0.1, 0.15) is 28.8 Å². The maximum Gasteiger partial charge on any atom is 0.328 e. The summed E-state index contributed by atoms with van der Waals surface area (Å²) in [5, 5.41) is 23.8. The average molecular weight is 345 g/mol. The zero-order chi connectivity index (χ0) is 17.1. The van der Waals surface area contributed by atoms with Crippen LogP contribution in [0.1, 0.15) is 0 Å². The Bertz CT molecular complexity index is 863. The Morgan fingerprint density at radius 1 is 1.33 bits per heavy atom. The van der Waals surface area contributed by atoms with E-state index in [4.69, 9.17) is 9.84 Å². The van der Waals surface area contributed by atoms with Crippen molar-refractivity contribution >= 4 is 33.3 Å². The molecular formula is C16H15N3O4S. The van der Waals surface area contributed by atoms with Gasteiger partial charge in [0.15, 0.2) is 0 Å². The molecule has 0 saturated heterocycles. The number of hydrogen-bond acceptors (Lipinski definition) is 7. The Balaban J connectivity index is 2.07. The maximum atomic E-state index is 11.2. The first-order chi connectivity index (χ1) is 11.6. The minimum atomic E-state index is -1.15. The summed E-state index contributed by atoms with van der Waals surface area (Å²) >= 11 is 1.44. The molecule has 0 aliphatic rings. The summed E-state index contributed by atoms with van der Waals surface area (Å²) in [6, 6.07) is 6.40. The Morgan fingerprint density at radius 3 is 2.71 bits per heavy atom. The normalized spacial score (nSPS) is 12.1. The van der Waals surface area contributed by atoms with Crippen molar-refractivity contribution in [3.63, 3.8) is 0 Å². The first kappa shape index (κ1) is 16.2. The van der Waals surface area contributed by atoms with Gasteiger partial charge in [-0.2, -0.15) is 0 Å². The van der Waals surface area contributed by atoms with Gasteiger partial charge in [-0.3, -0.25) is 0 Å². The molecule has 1 aromatic carbocycles. The fraction of sp³-hybridized carbons (Fsp3) is 0.188. The molecule has 8 heteroatoms. The number of carboxylic acid groups (broad SMARTS) is 1. The zero-order valence-corrected chi connectivity index (χ0v) is 13.6. The average Bonchev–Trinajstić information content (AvgIpc) is 3.04. The van der Waals surface area contributed by atoms with Crippen LogP contribution >= 0.6 is 11.3 Å². The van der Waals surface area contributed by atoms with Crippen LogP contribution in [-0.4, -0.2) is 45.9 Å². The SMILES string of the molecule is COc1ccc(-c2csc3ncnc(NC(CO)C(=O)O)c23)cc1. The number of nitrogens with zero attached hydrogens (tertiary/aromatic N) is 2. The lowest BCUT2D eigenvalue weighted by Gasteiger charge is -2.13. The molecular weight excluding hydrogens is 330 g/mol. The van der Waals surface area contributed by atoms with Crippen molar-refractivity contribution in [2.45, 2.75) is 6.04 Å². The Labute approximate surface area is 141 Å². The van der Waals surface area contributed by atoms with Crippen LogP contribution in [0.3, 0.4) is 0 Å². The molecule has 24 heavy (non-hydrogen) atoms. The van der Waals surface area contributed by atoms with Crippen molar-refractivity contribution in [1.29, 1.82) is 0 Å². The van der Waals surface area contributed by atoms with Crippen molar-refractivity contribution in [2.24, 2.45) is 0 Å². The third kappa shape index (κ3) is 3.01. The van der Waals surface area contributed by atoms with Crippen LogP contribution < -0.4 is 10.1 Å². The van der Waals surface area contributed by atoms with Crippen molar-refractivity contribution in [3.8, 4) is 16.9 Å². The predicted molar refractivity (Wildman–Crippen MR) is 91.5 cm³/mol. The molecule has 0 amide bonds. The summed E-state index contributed by atoms with van der Waals surface area (Å²) in [7, 11) is 1.60. The number of aliphatic hydroxyl groups excluding tert-OH is 1. The van der Waals surface area contributed by atoms with Crippen LogP contribution in [0, 0.1) is 0 Å².